The molecule has 252 valence electrons. The largest absolute Gasteiger partial charge is 2.00 e. The smallest absolute Gasteiger partial charge is 0.189 e. The Labute approximate surface area is 332 Å². The third-order valence-electron chi connectivity index (χ3n) is 9.66. The molecular weight excluding hydrogens is 743 g/mol. The van der Waals surface area contributed by atoms with Crippen molar-refractivity contribution in [3.63, 3.8) is 0 Å². The number of fused-ring (bicyclic) bond motifs is 4. The minimum Gasteiger partial charge on any atom is -0.189 e. The molecule has 0 N–H and O–H groups in total. The first-order valence-electron chi connectivity index (χ1n) is 16.8. The van der Waals surface area contributed by atoms with Crippen LogP contribution in [0.1, 0.15) is 38.8 Å². The molecule has 2 aliphatic rings. The molecule has 0 nitrogen and oxygen atoms in total. The summed E-state index contributed by atoms with van der Waals surface area (Å²) in [4.78, 5) is 0. The maximum absolute atomic E-state index is 3.80. The van der Waals surface area contributed by atoms with Crippen molar-refractivity contribution in [2.45, 2.75) is 51.6 Å². The fraction of sp³-hybridized carbons (Fsp3) is 0.217. The van der Waals surface area contributed by atoms with Crippen LogP contribution in [0.5, 0.6) is 0 Å². The summed E-state index contributed by atoms with van der Waals surface area (Å²) in [5, 5.41) is 10.3. The fourth-order valence-electron chi connectivity index (χ4n) is 7.19. The summed E-state index contributed by atoms with van der Waals surface area (Å²) in [6.07, 6.45) is 12.4. The Morgan fingerprint density at radius 1 is 0.460 bits per heavy atom. The Bertz CT molecular complexity index is 2050. The molecule has 2 atom stereocenters. The number of benzene rings is 6. The number of hydrogen-bond acceptors (Lipinski definition) is 0. The number of rotatable bonds is 4. The standard InChI is InChI=1S/2C22H19.C2H6Si.2ClH.Zr/c2*1-16(2)22(14-18-9-3-4-10-19(18)15-22)21-13-7-11-17-8-5-6-12-20(17)21;1-3-2;;;/h2*3-14,16H,1-2H3;1-2H3;2*1H;/q2*-1;;;;+2. The van der Waals surface area contributed by atoms with Crippen LogP contribution >= 0.6 is 24.8 Å². The normalized spacial score (nSPS) is 17.8. The molecule has 0 aromatic heterocycles. The Kier molecular flexibility index (Phi) is 14.9. The fourth-order valence-corrected chi connectivity index (χ4v) is 7.19. The summed E-state index contributed by atoms with van der Waals surface area (Å²) in [6.45, 7) is 13.5. The molecule has 0 spiro atoms. The second-order valence-electron chi connectivity index (χ2n) is 13.3. The quantitative estimate of drug-likeness (QED) is 0.124. The van der Waals surface area contributed by atoms with Crippen LogP contribution < -0.4 is 20.9 Å². The van der Waals surface area contributed by atoms with E-state index in [0.717, 1.165) is 9.52 Å². The van der Waals surface area contributed by atoms with Gasteiger partial charge in [-0.3, -0.25) is 0 Å². The first-order chi connectivity index (χ1) is 22.8. The SMILES string of the molecule is CC(C)C1(c2cccc3ccccc23)[C-]=c2ccccc2=C1.CC(C)C1(c2cccc3ccccc23)[C-]=c2ccccc2=C1.C[Si]C.Cl.Cl.[Zr+2]. The van der Waals surface area contributed by atoms with Gasteiger partial charge in [0.2, 0.25) is 0 Å². The van der Waals surface area contributed by atoms with E-state index < -0.39 is 0 Å². The summed E-state index contributed by atoms with van der Waals surface area (Å²) in [7, 11) is 1.08. The minimum atomic E-state index is -0.148. The van der Waals surface area contributed by atoms with Crippen molar-refractivity contribution in [3.05, 3.63) is 165 Å². The van der Waals surface area contributed by atoms with Gasteiger partial charge in [-0.05, 0) is 55.3 Å². The van der Waals surface area contributed by atoms with Gasteiger partial charge >= 0.3 is 26.2 Å². The van der Waals surface area contributed by atoms with Crippen molar-refractivity contribution >= 4 is 80.2 Å². The number of halogens is 2. The molecule has 0 saturated carbocycles. The average molecular weight is 789 g/mol. The van der Waals surface area contributed by atoms with Crippen molar-refractivity contribution < 1.29 is 26.2 Å². The maximum Gasteiger partial charge on any atom is 2.00 e. The van der Waals surface area contributed by atoms with Crippen LogP contribution in [0.4, 0.5) is 0 Å². The predicted molar refractivity (Wildman–Crippen MR) is 220 cm³/mol. The van der Waals surface area contributed by atoms with E-state index >= 15 is 0 Å². The minimum absolute atomic E-state index is 0. The van der Waals surface area contributed by atoms with E-state index in [1.807, 2.05) is 0 Å². The second-order valence-corrected chi connectivity index (χ2v) is 14.3. The van der Waals surface area contributed by atoms with Gasteiger partial charge in [0.1, 0.15) is 0 Å². The van der Waals surface area contributed by atoms with Crippen LogP contribution in [0.2, 0.25) is 13.1 Å². The topological polar surface area (TPSA) is 0 Å². The van der Waals surface area contributed by atoms with Crippen LogP contribution in [0.15, 0.2) is 133 Å². The van der Waals surface area contributed by atoms with Crippen LogP contribution in [0.25, 0.3) is 45.8 Å². The van der Waals surface area contributed by atoms with Gasteiger partial charge in [-0.1, -0.05) is 138 Å². The third-order valence-corrected chi connectivity index (χ3v) is 9.66. The van der Waals surface area contributed by atoms with E-state index in [-0.39, 0.29) is 61.8 Å². The molecule has 0 bridgehead atoms. The van der Waals surface area contributed by atoms with E-state index in [1.165, 1.54) is 53.5 Å². The van der Waals surface area contributed by atoms with Crippen molar-refractivity contribution in [2.75, 3.05) is 0 Å². The van der Waals surface area contributed by atoms with Gasteiger partial charge in [0.05, 0.1) is 0 Å². The van der Waals surface area contributed by atoms with Crippen LogP contribution in [-0.2, 0) is 37.0 Å². The summed E-state index contributed by atoms with van der Waals surface area (Å²) in [5.74, 6) is 0.899. The van der Waals surface area contributed by atoms with Gasteiger partial charge in [-0.15, -0.1) is 71.7 Å². The first-order valence-corrected chi connectivity index (χ1v) is 18.8. The molecule has 4 heteroatoms. The van der Waals surface area contributed by atoms with Crippen molar-refractivity contribution in [1.29, 1.82) is 0 Å². The molecule has 6 aromatic rings. The zero-order chi connectivity index (χ0) is 33.0. The van der Waals surface area contributed by atoms with Crippen LogP contribution in [0.3, 0.4) is 0 Å². The van der Waals surface area contributed by atoms with Gasteiger partial charge in [-0.25, -0.2) is 0 Å². The average Bonchev–Trinajstić information content (AvgIpc) is 3.70. The van der Waals surface area contributed by atoms with E-state index in [4.69, 9.17) is 0 Å². The molecule has 2 radical (unpaired) electrons. The van der Waals surface area contributed by atoms with Crippen LogP contribution in [0, 0.1) is 11.8 Å². The Morgan fingerprint density at radius 3 is 1.14 bits per heavy atom. The van der Waals surface area contributed by atoms with Crippen molar-refractivity contribution in [1.82, 2.24) is 0 Å². The second kappa shape index (κ2) is 18.0. The molecule has 0 heterocycles. The monoisotopic (exact) mass is 786 g/mol. The molecule has 8 rings (SSSR count). The van der Waals surface area contributed by atoms with Gasteiger partial charge in [0.25, 0.3) is 0 Å². The Morgan fingerprint density at radius 2 is 0.780 bits per heavy atom. The molecule has 2 unspecified atom stereocenters. The van der Waals surface area contributed by atoms with Gasteiger partial charge in [-0.2, -0.15) is 34.7 Å². The zero-order valence-corrected chi connectivity index (χ0v) is 34.9. The molecule has 0 aliphatic heterocycles. The summed E-state index contributed by atoms with van der Waals surface area (Å²) < 4.78 is 0. The summed E-state index contributed by atoms with van der Waals surface area (Å²) in [6, 6.07) is 47.7. The molecule has 0 fully saturated rings. The third kappa shape index (κ3) is 7.90. The van der Waals surface area contributed by atoms with Crippen molar-refractivity contribution in [2.24, 2.45) is 11.8 Å². The maximum atomic E-state index is 3.80. The zero-order valence-electron chi connectivity index (χ0n) is 29.8. The Hall–Kier alpha value is -3.00. The van der Waals surface area contributed by atoms with Crippen LogP contribution in [-0.4, -0.2) is 9.52 Å². The van der Waals surface area contributed by atoms with E-state index in [1.54, 1.807) is 0 Å². The molecule has 2 aliphatic carbocycles. The summed E-state index contributed by atoms with van der Waals surface area (Å²) >= 11 is 0. The summed E-state index contributed by atoms with van der Waals surface area (Å²) in [5.41, 5.74) is 2.42. The van der Waals surface area contributed by atoms with Gasteiger partial charge in [0, 0.05) is 9.52 Å². The molecule has 6 aromatic carbocycles. The molecule has 0 amide bonds. The van der Waals surface area contributed by atoms with E-state index in [0.29, 0.717) is 11.8 Å². The Balaban J connectivity index is 0.000000238. The predicted octanol–water partition coefficient (Wildman–Crippen LogP) is 9.40. The van der Waals surface area contributed by atoms with E-state index in [2.05, 4.69) is 199 Å². The number of hydrogen-bond donors (Lipinski definition) is 0. The first kappa shape index (κ1) is 41.4. The van der Waals surface area contributed by atoms with E-state index in [9.17, 15) is 0 Å². The van der Waals surface area contributed by atoms with Gasteiger partial charge in [0.15, 0.2) is 0 Å². The molecule has 50 heavy (non-hydrogen) atoms. The van der Waals surface area contributed by atoms with Gasteiger partial charge < -0.3 is 0 Å². The van der Waals surface area contributed by atoms with Crippen molar-refractivity contribution in [3.8, 4) is 0 Å². The molecule has 0 saturated heterocycles. The molecular formula is C46H46Cl2SiZr.